The molecule has 0 aromatic heterocycles. The Morgan fingerprint density at radius 2 is 1.72 bits per heavy atom. The Hall–Kier alpha value is -0.860. The van der Waals surface area contributed by atoms with Gasteiger partial charge < -0.3 is 10.4 Å². The Morgan fingerprint density at radius 1 is 1.11 bits per heavy atom. The first-order valence-electron chi connectivity index (χ1n) is 6.90. The number of nitrogens with one attached hydrogen (secondary N) is 1. The molecule has 2 N–H and O–H groups in total. The van der Waals surface area contributed by atoms with E-state index in [1.807, 2.05) is 0 Å². The molecule has 1 unspecified atom stereocenters. The minimum atomic E-state index is 0.219. The third-order valence-corrected chi connectivity index (χ3v) is 3.31. The van der Waals surface area contributed by atoms with Crippen molar-refractivity contribution < 1.29 is 5.11 Å². The molecule has 0 saturated carbocycles. The predicted molar refractivity (Wildman–Crippen MR) is 77.9 cm³/mol. The molecule has 0 heterocycles. The minimum absolute atomic E-state index is 0.219. The van der Waals surface area contributed by atoms with Gasteiger partial charge in [-0.15, -0.1) is 0 Å². The van der Waals surface area contributed by atoms with E-state index in [2.05, 4.69) is 57.3 Å². The van der Waals surface area contributed by atoms with Gasteiger partial charge in [-0.05, 0) is 42.9 Å². The van der Waals surface area contributed by atoms with Gasteiger partial charge in [-0.25, -0.2) is 0 Å². The van der Waals surface area contributed by atoms with Crippen LogP contribution >= 0.6 is 0 Å². The molecule has 0 aliphatic carbocycles. The van der Waals surface area contributed by atoms with E-state index < -0.39 is 0 Å². The lowest BCUT2D eigenvalue weighted by Gasteiger charge is -2.20. The summed E-state index contributed by atoms with van der Waals surface area (Å²) in [7, 11) is 0. The van der Waals surface area contributed by atoms with Gasteiger partial charge in [0, 0.05) is 12.6 Å². The summed E-state index contributed by atoms with van der Waals surface area (Å²) in [5.41, 5.74) is 2.92. The summed E-state index contributed by atoms with van der Waals surface area (Å²) >= 11 is 0. The standard InChI is InChI=1S/C16H27NO/c1-13(17-11-5-6-12-18)14-7-9-15(10-8-14)16(2,3)4/h7-10,13,17-18H,5-6,11-12H2,1-4H3. The summed E-state index contributed by atoms with van der Waals surface area (Å²) in [5.74, 6) is 0. The van der Waals surface area contributed by atoms with Gasteiger partial charge in [-0.1, -0.05) is 45.0 Å². The summed E-state index contributed by atoms with van der Waals surface area (Å²) in [6.45, 7) is 10.1. The molecular formula is C16H27NO. The van der Waals surface area contributed by atoms with Gasteiger partial charge in [0.25, 0.3) is 0 Å². The Kier molecular flexibility index (Phi) is 5.83. The Labute approximate surface area is 111 Å². The number of aliphatic hydroxyl groups is 1. The Bertz CT molecular complexity index is 337. The van der Waals surface area contributed by atoms with Crippen LogP contribution in [-0.2, 0) is 5.41 Å². The molecule has 0 amide bonds. The van der Waals surface area contributed by atoms with E-state index in [1.54, 1.807) is 0 Å². The number of unbranched alkanes of at least 4 members (excludes halogenated alkanes) is 1. The van der Waals surface area contributed by atoms with Gasteiger partial charge >= 0.3 is 0 Å². The van der Waals surface area contributed by atoms with Crippen LogP contribution in [0.4, 0.5) is 0 Å². The van der Waals surface area contributed by atoms with Crippen LogP contribution in [0.5, 0.6) is 0 Å². The van der Waals surface area contributed by atoms with Crippen LogP contribution in [-0.4, -0.2) is 18.3 Å². The lowest BCUT2D eigenvalue weighted by Crippen LogP contribution is -2.20. The fraction of sp³-hybridized carbons (Fsp3) is 0.625. The predicted octanol–water partition coefficient (Wildman–Crippen LogP) is 3.41. The molecule has 0 fully saturated rings. The van der Waals surface area contributed by atoms with Gasteiger partial charge in [-0.3, -0.25) is 0 Å². The first kappa shape index (κ1) is 15.2. The zero-order chi connectivity index (χ0) is 13.6. The lowest BCUT2D eigenvalue weighted by atomic mass is 9.86. The molecule has 1 aromatic carbocycles. The molecule has 0 aliphatic rings. The van der Waals surface area contributed by atoms with Gasteiger partial charge in [-0.2, -0.15) is 0 Å². The molecular weight excluding hydrogens is 222 g/mol. The van der Waals surface area contributed by atoms with Gasteiger partial charge in [0.05, 0.1) is 0 Å². The van der Waals surface area contributed by atoms with E-state index in [0.29, 0.717) is 6.04 Å². The third-order valence-electron chi connectivity index (χ3n) is 3.31. The summed E-state index contributed by atoms with van der Waals surface area (Å²) in [6, 6.07) is 9.24. The van der Waals surface area contributed by atoms with Gasteiger partial charge in [0.1, 0.15) is 0 Å². The molecule has 18 heavy (non-hydrogen) atoms. The first-order valence-corrected chi connectivity index (χ1v) is 6.90. The fourth-order valence-electron chi connectivity index (χ4n) is 1.95. The van der Waals surface area contributed by atoms with Crippen LogP contribution in [0, 0.1) is 0 Å². The van der Waals surface area contributed by atoms with Crippen molar-refractivity contribution >= 4 is 0 Å². The number of aliphatic hydroxyl groups excluding tert-OH is 1. The average molecular weight is 249 g/mol. The quantitative estimate of drug-likeness (QED) is 0.757. The Morgan fingerprint density at radius 3 is 2.22 bits per heavy atom. The van der Waals surface area contributed by atoms with E-state index in [4.69, 9.17) is 5.11 Å². The van der Waals surface area contributed by atoms with E-state index in [9.17, 15) is 0 Å². The number of hydrogen-bond donors (Lipinski definition) is 2. The highest BCUT2D eigenvalue weighted by Gasteiger charge is 2.13. The molecule has 2 nitrogen and oxygen atoms in total. The SMILES string of the molecule is CC(NCCCCO)c1ccc(C(C)(C)C)cc1. The topological polar surface area (TPSA) is 32.3 Å². The summed E-state index contributed by atoms with van der Waals surface area (Å²) in [6.07, 6.45) is 1.91. The van der Waals surface area contributed by atoms with Crippen LogP contribution in [0.2, 0.25) is 0 Å². The Balaban J connectivity index is 2.51. The highest BCUT2D eigenvalue weighted by molar-refractivity contribution is 5.28. The maximum absolute atomic E-state index is 8.73. The van der Waals surface area contributed by atoms with E-state index in [0.717, 1.165) is 19.4 Å². The highest BCUT2D eigenvalue weighted by Crippen LogP contribution is 2.23. The van der Waals surface area contributed by atoms with Crippen molar-refractivity contribution in [1.29, 1.82) is 0 Å². The van der Waals surface area contributed by atoms with Crippen molar-refractivity contribution in [1.82, 2.24) is 5.32 Å². The van der Waals surface area contributed by atoms with Gasteiger partial charge in [0.15, 0.2) is 0 Å². The number of rotatable bonds is 6. The van der Waals surface area contributed by atoms with Crippen molar-refractivity contribution in [3.63, 3.8) is 0 Å². The molecule has 1 rings (SSSR count). The summed E-state index contributed by atoms with van der Waals surface area (Å²) in [5, 5.41) is 12.2. The average Bonchev–Trinajstić information content (AvgIpc) is 2.33. The van der Waals surface area contributed by atoms with Crippen molar-refractivity contribution in [2.45, 2.75) is 52.0 Å². The van der Waals surface area contributed by atoms with Crippen molar-refractivity contribution in [2.75, 3.05) is 13.2 Å². The van der Waals surface area contributed by atoms with Crippen LogP contribution in [0.25, 0.3) is 0 Å². The molecule has 2 heteroatoms. The molecule has 0 aliphatic heterocycles. The van der Waals surface area contributed by atoms with Crippen molar-refractivity contribution in [3.05, 3.63) is 35.4 Å². The second kappa shape index (κ2) is 6.91. The third kappa shape index (κ3) is 4.79. The maximum atomic E-state index is 8.73. The van der Waals surface area contributed by atoms with Crippen LogP contribution < -0.4 is 5.32 Å². The van der Waals surface area contributed by atoms with Gasteiger partial charge in [0.2, 0.25) is 0 Å². The van der Waals surface area contributed by atoms with E-state index in [-0.39, 0.29) is 12.0 Å². The monoisotopic (exact) mass is 249 g/mol. The van der Waals surface area contributed by atoms with Crippen molar-refractivity contribution in [3.8, 4) is 0 Å². The highest BCUT2D eigenvalue weighted by atomic mass is 16.2. The summed E-state index contributed by atoms with van der Waals surface area (Å²) < 4.78 is 0. The number of hydrogen-bond acceptors (Lipinski definition) is 2. The molecule has 1 atom stereocenters. The lowest BCUT2D eigenvalue weighted by molar-refractivity contribution is 0.283. The minimum Gasteiger partial charge on any atom is -0.396 e. The number of benzene rings is 1. The molecule has 0 spiro atoms. The van der Waals surface area contributed by atoms with Crippen molar-refractivity contribution in [2.24, 2.45) is 0 Å². The second-order valence-corrected chi connectivity index (χ2v) is 5.98. The van der Waals surface area contributed by atoms with Crippen LogP contribution in [0.1, 0.15) is 57.7 Å². The largest absolute Gasteiger partial charge is 0.396 e. The normalized spacial score (nSPS) is 13.6. The molecule has 0 saturated heterocycles. The van der Waals surface area contributed by atoms with Crippen LogP contribution in [0.15, 0.2) is 24.3 Å². The molecule has 102 valence electrons. The van der Waals surface area contributed by atoms with Crippen LogP contribution in [0.3, 0.4) is 0 Å². The summed E-state index contributed by atoms with van der Waals surface area (Å²) in [4.78, 5) is 0. The zero-order valence-corrected chi connectivity index (χ0v) is 12.2. The fourth-order valence-corrected chi connectivity index (χ4v) is 1.95. The second-order valence-electron chi connectivity index (χ2n) is 5.98. The smallest absolute Gasteiger partial charge is 0.0431 e. The molecule has 0 radical (unpaired) electrons. The maximum Gasteiger partial charge on any atom is 0.0431 e. The molecule has 1 aromatic rings. The first-order chi connectivity index (χ1) is 8.45. The molecule has 0 bridgehead atoms. The van der Waals surface area contributed by atoms with E-state index in [1.165, 1.54) is 11.1 Å². The van der Waals surface area contributed by atoms with E-state index >= 15 is 0 Å². The zero-order valence-electron chi connectivity index (χ0n) is 12.2.